The van der Waals surface area contributed by atoms with Gasteiger partial charge >= 0.3 is 0 Å². The Morgan fingerprint density at radius 3 is 3.07 bits per heavy atom. The highest BCUT2D eigenvalue weighted by atomic mass is 16.5. The zero-order valence-corrected chi connectivity index (χ0v) is 8.30. The van der Waals surface area contributed by atoms with Gasteiger partial charge in [-0.2, -0.15) is 0 Å². The summed E-state index contributed by atoms with van der Waals surface area (Å²) in [5, 5.41) is 0. The highest BCUT2D eigenvalue weighted by Crippen LogP contribution is 2.20. The Kier molecular flexibility index (Phi) is 2.29. The van der Waals surface area contributed by atoms with Crippen LogP contribution in [0.15, 0.2) is 24.7 Å². The van der Waals surface area contributed by atoms with E-state index in [1.54, 1.807) is 30.1 Å². The van der Waals surface area contributed by atoms with Gasteiger partial charge in [-0.1, -0.05) is 0 Å². The lowest BCUT2D eigenvalue weighted by Gasteiger charge is -2.09. The molecule has 0 radical (unpaired) electrons. The van der Waals surface area contributed by atoms with E-state index in [2.05, 4.69) is 4.98 Å². The van der Waals surface area contributed by atoms with Crippen molar-refractivity contribution in [2.24, 2.45) is 5.73 Å². The van der Waals surface area contributed by atoms with Crippen LogP contribution in [0.5, 0.6) is 5.75 Å². The summed E-state index contributed by atoms with van der Waals surface area (Å²) in [6, 6.07) is 3.67. The van der Waals surface area contributed by atoms with Crippen LogP contribution in [0.3, 0.4) is 0 Å². The first-order valence-electron chi connectivity index (χ1n) is 4.48. The summed E-state index contributed by atoms with van der Waals surface area (Å²) in [5.41, 5.74) is 6.81. The van der Waals surface area contributed by atoms with Gasteiger partial charge in [0, 0.05) is 0 Å². The number of nitrogens with zero attached hydrogens (tertiary/aromatic N) is 2. The van der Waals surface area contributed by atoms with Crippen LogP contribution < -0.4 is 10.5 Å². The smallest absolute Gasteiger partial charge is 0.223 e. The van der Waals surface area contributed by atoms with E-state index in [1.165, 1.54) is 0 Å². The van der Waals surface area contributed by atoms with Gasteiger partial charge in [0.25, 0.3) is 0 Å². The molecule has 0 aliphatic carbocycles. The summed E-state index contributed by atoms with van der Waals surface area (Å²) >= 11 is 0. The molecule has 0 bridgehead atoms. The van der Waals surface area contributed by atoms with Gasteiger partial charge in [0.15, 0.2) is 0 Å². The maximum absolute atomic E-state index is 10.9. The molecule has 78 valence electrons. The number of rotatable bonds is 3. The fourth-order valence-corrected chi connectivity index (χ4v) is 1.55. The molecule has 0 fully saturated rings. The average molecular weight is 205 g/mol. The first-order chi connectivity index (χ1) is 7.22. The lowest BCUT2D eigenvalue weighted by Crippen LogP contribution is -2.16. The van der Waals surface area contributed by atoms with Crippen molar-refractivity contribution in [3.63, 3.8) is 0 Å². The van der Waals surface area contributed by atoms with Crippen LogP contribution in [-0.4, -0.2) is 22.4 Å². The number of carbonyl (C=O) groups is 1. The monoisotopic (exact) mass is 205 g/mol. The van der Waals surface area contributed by atoms with E-state index < -0.39 is 5.91 Å². The molecule has 0 aliphatic heterocycles. The minimum atomic E-state index is -0.394. The van der Waals surface area contributed by atoms with Gasteiger partial charge in [-0.15, -0.1) is 0 Å². The number of pyridine rings is 1. The number of amides is 1. The highest BCUT2D eigenvalue weighted by Gasteiger charge is 2.10. The van der Waals surface area contributed by atoms with Gasteiger partial charge < -0.3 is 10.5 Å². The van der Waals surface area contributed by atoms with Crippen molar-refractivity contribution in [1.29, 1.82) is 0 Å². The molecule has 0 atom stereocenters. The van der Waals surface area contributed by atoms with E-state index in [9.17, 15) is 4.79 Å². The minimum absolute atomic E-state index is 0.136. The molecule has 0 spiro atoms. The fraction of sp³-hybridized carbons (Fsp3) is 0.200. The molecule has 2 aromatic heterocycles. The Bertz CT molecular complexity index is 504. The van der Waals surface area contributed by atoms with Crippen molar-refractivity contribution >= 4 is 11.4 Å². The maximum Gasteiger partial charge on any atom is 0.223 e. The maximum atomic E-state index is 10.9. The topological polar surface area (TPSA) is 69.6 Å². The van der Waals surface area contributed by atoms with Crippen molar-refractivity contribution in [2.75, 3.05) is 7.11 Å². The van der Waals surface area contributed by atoms with Crippen molar-refractivity contribution in [2.45, 2.75) is 6.42 Å². The quantitative estimate of drug-likeness (QED) is 0.787. The number of carbonyl (C=O) groups excluding carboxylic acids is 1. The van der Waals surface area contributed by atoms with Crippen molar-refractivity contribution in [1.82, 2.24) is 9.38 Å². The Hall–Kier alpha value is -2.04. The number of ether oxygens (including phenoxy) is 1. The fourth-order valence-electron chi connectivity index (χ4n) is 1.55. The number of hydrogen-bond donors (Lipinski definition) is 1. The first-order valence-corrected chi connectivity index (χ1v) is 4.48. The van der Waals surface area contributed by atoms with Crippen LogP contribution in [0.1, 0.15) is 5.69 Å². The normalized spacial score (nSPS) is 10.5. The number of methoxy groups -OCH3 is 1. The average Bonchev–Trinajstić information content (AvgIpc) is 2.65. The lowest BCUT2D eigenvalue weighted by atomic mass is 10.2. The Morgan fingerprint density at radius 1 is 1.60 bits per heavy atom. The number of fused-ring (bicyclic) bond motifs is 1. The van der Waals surface area contributed by atoms with Crippen LogP contribution in [0, 0.1) is 0 Å². The number of nitrogens with two attached hydrogens (primary N) is 1. The molecule has 0 saturated carbocycles. The Balaban J connectivity index is 2.62. The zero-order chi connectivity index (χ0) is 10.8. The predicted octanol–water partition coefficient (Wildman–Crippen LogP) is 0.371. The van der Waals surface area contributed by atoms with Gasteiger partial charge in [0.1, 0.15) is 5.75 Å². The number of hydrogen-bond acceptors (Lipinski definition) is 3. The minimum Gasteiger partial charge on any atom is -0.495 e. The van der Waals surface area contributed by atoms with Gasteiger partial charge in [0.05, 0.1) is 37.3 Å². The van der Waals surface area contributed by atoms with Crippen LogP contribution in [-0.2, 0) is 11.2 Å². The summed E-state index contributed by atoms with van der Waals surface area (Å²) in [6.45, 7) is 0. The Labute approximate surface area is 86.5 Å². The Morgan fingerprint density at radius 2 is 2.40 bits per heavy atom. The standard InChI is InChI=1S/C10H11N3O2/c1-15-9-3-2-7-5-12-6-13(7)8(9)4-10(11)14/h2-3,5-6H,4H2,1H3,(H2,11,14). The second kappa shape index (κ2) is 3.61. The van der Waals surface area contributed by atoms with Gasteiger partial charge in [-0.3, -0.25) is 9.20 Å². The summed E-state index contributed by atoms with van der Waals surface area (Å²) < 4.78 is 6.96. The molecule has 2 N–H and O–H groups in total. The zero-order valence-electron chi connectivity index (χ0n) is 8.30. The second-order valence-corrected chi connectivity index (χ2v) is 3.18. The van der Waals surface area contributed by atoms with E-state index in [1.807, 2.05) is 6.07 Å². The van der Waals surface area contributed by atoms with Gasteiger partial charge in [-0.25, -0.2) is 4.98 Å². The molecule has 1 amide bonds. The molecule has 0 unspecified atom stereocenters. The van der Waals surface area contributed by atoms with Crippen molar-refractivity contribution in [3.05, 3.63) is 30.4 Å². The van der Waals surface area contributed by atoms with Gasteiger partial charge in [0.2, 0.25) is 5.91 Å². The largest absolute Gasteiger partial charge is 0.495 e. The van der Waals surface area contributed by atoms with E-state index in [0.29, 0.717) is 5.75 Å². The van der Waals surface area contributed by atoms with Crippen LogP contribution in [0.25, 0.3) is 5.52 Å². The first kappa shape index (κ1) is 9.51. The highest BCUT2D eigenvalue weighted by molar-refractivity contribution is 5.77. The number of imidazole rings is 1. The molecule has 2 heterocycles. The third-order valence-corrected chi connectivity index (χ3v) is 2.21. The van der Waals surface area contributed by atoms with Crippen LogP contribution in [0.2, 0.25) is 0 Å². The second-order valence-electron chi connectivity index (χ2n) is 3.18. The number of aromatic nitrogens is 2. The van der Waals surface area contributed by atoms with E-state index >= 15 is 0 Å². The molecular weight excluding hydrogens is 194 g/mol. The third-order valence-electron chi connectivity index (χ3n) is 2.21. The molecule has 2 rings (SSSR count). The van der Waals surface area contributed by atoms with Crippen LogP contribution in [0.4, 0.5) is 0 Å². The summed E-state index contributed by atoms with van der Waals surface area (Å²) in [6.07, 6.45) is 3.48. The molecule has 2 aromatic rings. The SMILES string of the molecule is COc1ccc2cncn2c1CC(N)=O. The van der Waals surface area contributed by atoms with E-state index in [0.717, 1.165) is 11.2 Å². The predicted molar refractivity (Wildman–Crippen MR) is 54.6 cm³/mol. The molecule has 0 saturated heterocycles. The van der Waals surface area contributed by atoms with Crippen molar-refractivity contribution < 1.29 is 9.53 Å². The molecular formula is C10H11N3O2. The summed E-state index contributed by atoms with van der Waals surface area (Å²) in [5.74, 6) is 0.244. The van der Waals surface area contributed by atoms with E-state index in [-0.39, 0.29) is 6.42 Å². The molecule has 0 aliphatic rings. The summed E-state index contributed by atoms with van der Waals surface area (Å²) in [7, 11) is 1.56. The van der Waals surface area contributed by atoms with Gasteiger partial charge in [-0.05, 0) is 12.1 Å². The molecule has 5 heteroatoms. The molecule has 0 aromatic carbocycles. The molecule has 15 heavy (non-hydrogen) atoms. The summed E-state index contributed by atoms with van der Waals surface area (Å²) in [4.78, 5) is 14.9. The number of primary amides is 1. The van der Waals surface area contributed by atoms with E-state index in [4.69, 9.17) is 10.5 Å². The molecule has 5 nitrogen and oxygen atoms in total. The third kappa shape index (κ3) is 1.63. The van der Waals surface area contributed by atoms with Crippen LogP contribution >= 0.6 is 0 Å². The van der Waals surface area contributed by atoms with Crippen molar-refractivity contribution in [3.8, 4) is 5.75 Å². The lowest BCUT2D eigenvalue weighted by molar-refractivity contribution is -0.117.